The van der Waals surface area contributed by atoms with Crippen LogP contribution in [0, 0.1) is 6.92 Å². The fourth-order valence-electron chi connectivity index (χ4n) is 2.57. The molecule has 1 aromatic rings. The lowest BCUT2D eigenvalue weighted by molar-refractivity contribution is 0.220. The maximum atomic E-state index is 4.52. The number of anilines is 1. The number of piperidine rings is 1. The minimum atomic E-state index is 0.610. The van der Waals surface area contributed by atoms with Crippen LogP contribution in [0.3, 0.4) is 0 Å². The molecule has 2 rings (SSSR count). The zero-order valence-corrected chi connectivity index (χ0v) is 13.1. The SMILES string of the molecule is CCN1CCC(N(C)c2nccc(C)c2Br)CC1. The average Bonchev–Trinajstić information content (AvgIpc) is 2.41. The van der Waals surface area contributed by atoms with Crippen LogP contribution >= 0.6 is 15.9 Å². The first-order valence-corrected chi connectivity index (χ1v) is 7.49. The van der Waals surface area contributed by atoms with E-state index in [9.17, 15) is 0 Å². The molecule has 1 aliphatic heterocycles. The Bertz CT molecular complexity index is 400. The summed E-state index contributed by atoms with van der Waals surface area (Å²) in [7, 11) is 2.17. The van der Waals surface area contributed by atoms with Crippen molar-refractivity contribution in [2.24, 2.45) is 0 Å². The predicted molar refractivity (Wildman–Crippen MR) is 80.2 cm³/mol. The lowest BCUT2D eigenvalue weighted by Gasteiger charge is -2.37. The third-order valence-corrected chi connectivity index (χ3v) is 4.93. The molecule has 100 valence electrons. The van der Waals surface area contributed by atoms with Gasteiger partial charge in [0, 0.05) is 32.4 Å². The number of halogens is 1. The van der Waals surface area contributed by atoms with Crippen molar-refractivity contribution in [2.45, 2.75) is 32.7 Å². The third kappa shape index (κ3) is 2.86. The molecule has 0 unspecified atom stereocenters. The maximum Gasteiger partial charge on any atom is 0.143 e. The summed E-state index contributed by atoms with van der Waals surface area (Å²) in [4.78, 5) is 9.37. The van der Waals surface area contributed by atoms with Crippen LogP contribution in [-0.4, -0.2) is 42.6 Å². The Hall–Kier alpha value is -0.610. The molecule has 1 fully saturated rings. The molecular formula is C14H22BrN3. The zero-order valence-electron chi connectivity index (χ0n) is 11.5. The number of hydrogen-bond acceptors (Lipinski definition) is 3. The first-order chi connectivity index (χ1) is 8.63. The molecule has 1 aliphatic rings. The lowest BCUT2D eigenvalue weighted by atomic mass is 10.0. The highest BCUT2D eigenvalue weighted by molar-refractivity contribution is 9.10. The molecule has 0 spiro atoms. The highest BCUT2D eigenvalue weighted by atomic mass is 79.9. The molecule has 3 nitrogen and oxygen atoms in total. The van der Waals surface area contributed by atoms with Crippen LogP contribution in [0.1, 0.15) is 25.3 Å². The van der Waals surface area contributed by atoms with Crippen LogP contribution in [0.25, 0.3) is 0 Å². The predicted octanol–water partition coefficient (Wildman–Crippen LogP) is 3.07. The summed E-state index contributed by atoms with van der Waals surface area (Å²) in [5.41, 5.74) is 1.25. The number of hydrogen-bond donors (Lipinski definition) is 0. The number of rotatable bonds is 3. The minimum absolute atomic E-state index is 0.610. The van der Waals surface area contributed by atoms with Gasteiger partial charge in [-0.05, 0) is 53.9 Å². The van der Waals surface area contributed by atoms with Crippen molar-refractivity contribution < 1.29 is 0 Å². The van der Waals surface area contributed by atoms with Gasteiger partial charge in [0.2, 0.25) is 0 Å². The highest BCUT2D eigenvalue weighted by Crippen LogP contribution is 2.29. The van der Waals surface area contributed by atoms with Crippen molar-refractivity contribution in [1.29, 1.82) is 0 Å². The Balaban J connectivity index is 2.08. The second kappa shape index (κ2) is 6.02. The normalized spacial score (nSPS) is 18.0. The fourth-order valence-corrected chi connectivity index (χ4v) is 3.08. The van der Waals surface area contributed by atoms with Gasteiger partial charge in [0.1, 0.15) is 5.82 Å². The number of pyridine rings is 1. The van der Waals surface area contributed by atoms with Crippen molar-refractivity contribution >= 4 is 21.7 Å². The van der Waals surface area contributed by atoms with E-state index in [1.54, 1.807) is 0 Å². The molecule has 0 N–H and O–H groups in total. The first kappa shape index (κ1) is 13.8. The smallest absolute Gasteiger partial charge is 0.143 e. The Morgan fingerprint density at radius 2 is 2.11 bits per heavy atom. The van der Waals surface area contributed by atoms with Crippen LogP contribution in [0.4, 0.5) is 5.82 Å². The van der Waals surface area contributed by atoms with E-state index in [-0.39, 0.29) is 0 Å². The van der Waals surface area contributed by atoms with E-state index in [0.717, 1.165) is 10.3 Å². The number of aromatic nitrogens is 1. The third-order valence-electron chi connectivity index (χ3n) is 3.95. The molecule has 1 aromatic heterocycles. The largest absolute Gasteiger partial charge is 0.356 e. The molecule has 0 amide bonds. The van der Waals surface area contributed by atoms with E-state index in [1.807, 2.05) is 12.3 Å². The van der Waals surface area contributed by atoms with Gasteiger partial charge < -0.3 is 9.80 Å². The van der Waals surface area contributed by atoms with E-state index in [2.05, 4.69) is 51.6 Å². The molecule has 0 saturated carbocycles. The number of aryl methyl sites for hydroxylation is 1. The monoisotopic (exact) mass is 311 g/mol. The van der Waals surface area contributed by atoms with E-state index < -0.39 is 0 Å². The molecular weight excluding hydrogens is 290 g/mol. The van der Waals surface area contributed by atoms with Gasteiger partial charge >= 0.3 is 0 Å². The van der Waals surface area contributed by atoms with Gasteiger partial charge in [-0.15, -0.1) is 0 Å². The first-order valence-electron chi connectivity index (χ1n) is 6.69. The van der Waals surface area contributed by atoms with Crippen molar-refractivity contribution in [3.05, 3.63) is 22.3 Å². The van der Waals surface area contributed by atoms with Gasteiger partial charge in [-0.25, -0.2) is 4.98 Å². The fraction of sp³-hybridized carbons (Fsp3) is 0.643. The second-order valence-electron chi connectivity index (χ2n) is 5.04. The van der Waals surface area contributed by atoms with E-state index >= 15 is 0 Å². The standard InChI is InChI=1S/C14H22BrN3/c1-4-18-9-6-12(7-10-18)17(3)14-13(15)11(2)5-8-16-14/h5,8,12H,4,6-7,9-10H2,1-3H3. The van der Waals surface area contributed by atoms with Gasteiger partial charge in [0.25, 0.3) is 0 Å². The Morgan fingerprint density at radius 3 is 2.72 bits per heavy atom. The van der Waals surface area contributed by atoms with Crippen molar-refractivity contribution in [2.75, 3.05) is 31.6 Å². The van der Waals surface area contributed by atoms with Crippen LogP contribution in [0.15, 0.2) is 16.7 Å². The van der Waals surface area contributed by atoms with Gasteiger partial charge in [0.15, 0.2) is 0 Å². The van der Waals surface area contributed by atoms with Crippen LogP contribution in [-0.2, 0) is 0 Å². The Morgan fingerprint density at radius 1 is 1.44 bits per heavy atom. The highest BCUT2D eigenvalue weighted by Gasteiger charge is 2.23. The lowest BCUT2D eigenvalue weighted by Crippen LogP contribution is -2.43. The molecule has 4 heteroatoms. The van der Waals surface area contributed by atoms with Crippen molar-refractivity contribution in [1.82, 2.24) is 9.88 Å². The quantitative estimate of drug-likeness (QED) is 0.855. The molecule has 0 bridgehead atoms. The molecule has 1 saturated heterocycles. The topological polar surface area (TPSA) is 19.4 Å². The molecule has 0 aliphatic carbocycles. The van der Waals surface area contributed by atoms with E-state index in [0.29, 0.717) is 6.04 Å². The summed E-state index contributed by atoms with van der Waals surface area (Å²) >= 11 is 3.66. The van der Waals surface area contributed by atoms with Gasteiger partial charge in [0.05, 0.1) is 4.47 Å². The molecule has 0 radical (unpaired) electrons. The average molecular weight is 312 g/mol. The van der Waals surface area contributed by atoms with Crippen molar-refractivity contribution in [3.8, 4) is 0 Å². The van der Waals surface area contributed by atoms with Gasteiger partial charge in [-0.3, -0.25) is 0 Å². The summed E-state index contributed by atoms with van der Waals surface area (Å²) in [6.45, 7) is 7.93. The summed E-state index contributed by atoms with van der Waals surface area (Å²) in [5.74, 6) is 1.07. The molecule has 18 heavy (non-hydrogen) atoms. The summed E-state index contributed by atoms with van der Waals surface area (Å²) < 4.78 is 1.13. The minimum Gasteiger partial charge on any atom is -0.356 e. The maximum absolute atomic E-state index is 4.52. The summed E-state index contributed by atoms with van der Waals surface area (Å²) in [5, 5.41) is 0. The molecule has 2 heterocycles. The van der Waals surface area contributed by atoms with E-state index in [4.69, 9.17) is 0 Å². The van der Waals surface area contributed by atoms with Crippen LogP contribution in [0.2, 0.25) is 0 Å². The zero-order chi connectivity index (χ0) is 13.1. The van der Waals surface area contributed by atoms with Crippen LogP contribution < -0.4 is 4.90 Å². The Kier molecular flexibility index (Phi) is 4.62. The number of likely N-dealkylation sites (tertiary alicyclic amines) is 1. The second-order valence-corrected chi connectivity index (χ2v) is 5.83. The Labute approximate surface area is 118 Å². The van der Waals surface area contributed by atoms with Gasteiger partial charge in [-0.2, -0.15) is 0 Å². The molecule has 0 aromatic carbocycles. The summed E-state index contributed by atoms with van der Waals surface area (Å²) in [6.07, 6.45) is 4.35. The van der Waals surface area contributed by atoms with Crippen LogP contribution in [0.5, 0.6) is 0 Å². The van der Waals surface area contributed by atoms with Crippen molar-refractivity contribution in [3.63, 3.8) is 0 Å². The number of nitrogens with zero attached hydrogens (tertiary/aromatic N) is 3. The molecule has 0 atom stereocenters. The summed E-state index contributed by atoms with van der Waals surface area (Å²) in [6, 6.07) is 2.65. The van der Waals surface area contributed by atoms with Gasteiger partial charge in [-0.1, -0.05) is 6.92 Å². The van der Waals surface area contributed by atoms with E-state index in [1.165, 1.54) is 38.0 Å².